The number of aliphatic hydroxyl groups excluding tert-OH is 1. The van der Waals surface area contributed by atoms with Crippen LogP contribution in [0.25, 0.3) is 0 Å². The number of nitrogens with one attached hydrogen (secondary N) is 2. The van der Waals surface area contributed by atoms with Gasteiger partial charge in [-0.3, -0.25) is 4.79 Å². The Labute approximate surface area is 204 Å². The monoisotopic (exact) mass is 472 g/mol. The van der Waals surface area contributed by atoms with Crippen LogP contribution in [0.2, 0.25) is 0 Å². The topological polar surface area (TPSA) is 119 Å². The van der Waals surface area contributed by atoms with Crippen molar-refractivity contribution in [2.24, 2.45) is 0 Å². The van der Waals surface area contributed by atoms with Gasteiger partial charge < -0.3 is 26.0 Å². The number of carboxylic acids is 2. The van der Waals surface area contributed by atoms with E-state index in [0.717, 1.165) is 22.7 Å². The summed E-state index contributed by atoms with van der Waals surface area (Å²) in [6.45, 7) is 0. The van der Waals surface area contributed by atoms with Crippen LogP contribution < -0.4 is 10.6 Å². The number of carboxylic acid groups (broad SMARTS) is 2. The first-order valence-corrected chi connectivity index (χ1v) is 10.8. The van der Waals surface area contributed by atoms with Crippen molar-refractivity contribution in [3.8, 4) is 0 Å². The summed E-state index contributed by atoms with van der Waals surface area (Å²) in [6.07, 6.45) is -2.54. The van der Waals surface area contributed by atoms with Gasteiger partial charge in [-0.2, -0.15) is 0 Å². The molecule has 7 heteroatoms. The predicted molar refractivity (Wildman–Crippen MR) is 138 cm³/mol. The molecule has 180 valence electrons. The molecule has 0 aliphatic rings. The summed E-state index contributed by atoms with van der Waals surface area (Å²) in [5, 5.41) is 30.8. The largest absolute Gasteiger partial charge is 0.481 e. The Hall–Kier alpha value is -4.62. The summed E-state index contributed by atoms with van der Waals surface area (Å²) >= 11 is 0. The molecule has 35 heavy (non-hydrogen) atoms. The number of hydrogen-bond donors (Lipinski definition) is 5. The lowest BCUT2D eigenvalue weighted by atomic mass is 10.3. The Morgan fingerprint density at radius 1 is 0.543 bits per heavy atom. The molecule has 0 fully saturated rings. The van der Waals surface area contributed by atoms with Crippen molar-refractivity contribution in [2.75, 3.05) is 10.6 Å². The van der Waals surface area contributed by atoms with Gasteiger partial charge in [0.1, 0.15) is 0 Å². The van der Waals surface area contributed by atoms with Crippen molar-refractivity contribution in [1.29, 1.82) is 0 Å². The Morgan fingerprint density at radius 2 is 0.800 bits per heavy atom. The van der Waals surface area contributed by atoms with Crippen molar-refractivity contribution < 1.29 is 24.9 Å². The van der Waals surface area contributed by atoms with Crippen molar-refractivity contribution in [3.63, 3.8) is 0 Å². The number of benzene rings is 4. The van der Waals surface area contributed by atoms with E-state index in [0.29, 0.717) is 0 Å². The van der Waals surface area contributed by atoms with Gasteiger partial charge in [0.15, 0.2) is 6.10 Å². The second-order valence-corrected chi connectivity index (χ2v) is 7.17. The second-order valence-electron chi connectivity index (χ2n) is 7.17. The molecule has 1 unspecified atom stereocenters. The summed E-state index contributed by atoms with van der Waals surface area (Å²) < 4.78 is 0. The van der Waals surface area contributed by atoms with Crippen LogP contribution in [0.15, 0.2) is 121 Å². The van der Waals surface area contributed by atoms with E-state index in [1.165, 1.54) is 0 Å². The molecule has 0 spiro atoms. The zero-order valence-electron chi connectivity index (χ0n) is 19.0. The fourth-order valence-electron chi connectivity index (χ4n) is 2.67. The molecule has 0 aliphatic carbocycles. The van der Waals surface area contributed by atoms with Gasteiger partial charge in [0.2, 0.25) is 0 Å². The number of hydrogen-bond acceptors (Lipinski definition) is 5. The second kappa shape index (κ2) is 15.3. The Balaban J connectivity index is 0.000000190. The minimum Gasteiger partial charge on any atom is -0.481 e. The van der Waals surface area contributed by atoms with Crippen molar-refractivity contribution >= 4 is 34.7 Å². The van der Waals surface area contributed by atoms with Crippen LogP contribution in [0.5, 0.6) is 0 Å². The lowest BCUT2D eigenvalue weighted by molar-refractivity contribution is -0.152. The van der Waals surface area contributed by atoms with Crippen molar-refractivity contribution in [3.05, 3.63) is 121 Å². The smallest absolute Gasteiger partial charge is 0.333 e. The van der Waals surface area contributed by atoms with E-state index in [1.807, 2.05) is 121 Å². The lowest BCUT2D eigenvalue weighted by Gasteiger charge is -2.04. The summed E-state index contributed by atoms with van der Waals surface area (Å²) in [4.78, 5) is 19.4. The third-order valence-corrected chi connectivity index (χ3v) is 4.33. The molecule has 0 amide bonds. The maximum Gasteiger partial charge on any atom is 0.333 e. The number of aliphatic carboxylic acids is 2. The highest BCUT2D eigenvalue weighted by Gasteiger charge is 2.16. The van der Waals surface area contributed by atoms with Gasteiger partial charge >= 0.3 is 11.9 Å². The molecule has 0 heterocycles. The maximum atomic E-state index is 9.72. The molecule has 0 aromatic heterocycles. The summed E-state index contributed by atoms with van der Waals surface area (Å²) in [5.74, 6) is -2.85. The van der Waals surface area contributed by atoms with Gasteiger partial charge in [-0.05, 0) is 48.5 Å². The van der Waals surface area contributed by atoms with Crippen LogP contribution in [0.4, 0.5) is 22.7 Å². The molecule has 4 rings (SSSR count). The molecule has 5 N–H and O–H groups in total. The molecule has 1 atom stereocenters. The van der Waals surface area contributed by atoms with E-state index in [-0.39, 0.29) is 0 Å². The number of carbonyl (C=O) groups is 2. The highest BCUT2D eigenvalue weighted by molar-refractivity contribution is 5.79. The SMILES string of the molecule is O=C(O)CC(O)C(=O)O.c1ccc(Nc2ccccc2)cc1.c1ccc(Nc2ccccc2)cc1. The van der Waals surface area contributed by atoms with E-state index < -0.39 is 24.5 Å². The molecule has 0 bridgehead atoms. The molecular formula is C28H28N2O5. The number of anilines is 4. The van der Waals surface area contributed by atoms with Crippen LogP contribution >= 0.6 is 0 Å². The predicted octanol–water partition coefficient (Wildman–Crippen LogP) is 5.77. The standard InChI is InChI=1S/2C12H11N.C4H6O5/c2*1-3-7-11(8-4-1)13-12-9-5-2-6-10-12;5-2(4(8)9)1-3(6)7/h2*1-10,13H;2,5H,1H2,(H,6,7)(H,8,9). The molecule has 4 aromatic carbocycles. The van der Waals surface area contributed by atoms with E-state index in [9.17, 15) is 9.59 Å². The highest BCUT2D eigenvalue weighted by atomic mass is 16.4. The van der Waals surface area contributed by atoms with E-state index in [2.05, 4.69) is 10.6 Å². The van der Waals surface area contributed by atoms with Gasteiger partial charge in [0, 0.05) is 22.7 Å². The van der Waals surface area contributed by atoms with Crippen LogP contribution in [-0.2, 0) is 9.59 Å². The van der Waals surface area contributed by atoms with Gasteiger partial charge in [0.05, 0.1) is 6.42 Å². The molecular weight excluding hydrogens is 444 g/mol. The van der Waals surface area contributed by atoms with Gasteiger partial charge in [0.25, 0.3) is 0 Å². The molecule has 4 aromatic rings. The summed E-state index contributed by atoms with van der Waals surface area (Å²) in [6, 6.07) is 40.6. The zero-order valence-corrected chi connectivity index (χ0v) is 19.0. The average molecular weight is 473 g/mol. The fourth-order valence-corrected chi connectivity index (χ4v) is 2.67. The lowest BCUT2D eigenvalue weighted by Crippen LogP contribution is -2.22. The van der Waals surface area contributed by atoms with Crippen LogP contribution in [0.3, 0.4) is 0 Å². The van der Waals surface area contributed by atoms with Gasteiger partial charge in [-0.1, -0.05) is 72.8 Å². The first kappa shape index (κ1) is 26.6. The molecule has 0 radical (unpaired) electrons. The average Bonchev–Trinajstić information content (AvgIpc) is 2.87. The maximum absolute atomic E-state index is 9.72. The van der Waals surface area contributed by atoms with Crippen LogP contribution in [-0.4, -0.2) is 33.4 Å². The van der Waals surface area contributed by atoms with E-state index >= 15 is 0 Å². The Kier molecular flexibility index (Phi) is 11.6. The molecule has 0 aliphatic heterocycles. The third kappa shape index (κ3) is 11.7. The number of aliphatic hydroxyl groups is 1. The minimum atomic E-state index is -1.79. The van der Waals surface area contributed by atoms with Crippen molar-refractivity contribution in [2.45, 2.75) is 12.5 Å². The number of rotatable bonds is 7. The first-order chi connectivity index (χ1) is 16.9. The van der Waals surface area contributed by atoms with Gasteiger partial charge in [-0.15, -0.1) is 0 Å². The first-order valence-electron chi connectivity index (χ1n) is 10.8. The quantitative estimate of drug-likeness (QED) is 0.232. The Morgan fingerprint density at radius 3 is 0.971 bits per heavy atom. The molecule has 0 saturated carbocycles. The van der Waals surface area contributed by atoms with Gasteiger partial charge in [-0.25, -0.2) is 4.79 Å². The van der Waals surface area contributed by atoms with Crippen LogP contribution in [0.1, 0.15) is 6.42 Å². The fraction of sp³-hybridized carbons (Fsp3) is 0.0714. The zero-order chi connectivity index (χ0) is 25.3. The summed E-state index contributed by atoms with van der Waals surface area (Å²) in [5.41, 5.74) is 4.48. The highest BCUT2D eigenvalue weighted by Crippen LogP contribution is 2.15. The van der Waals surface area contributed by atoms with E-state index in [1.54, 1.807) is 0 Å². The Bertz CT molecular complexity index is 973. The van der Waals surface area contributed by atoms with E-state index in [4.69, 9.17) is 15.3 Å². The summed E-state index contributed by atoms with van der Waals surface area (Å²) in [7, 11) is 0. The third-order valence-electron chi connectivity index (χ3n) is 4.33. The normalized spacial score (nSPS) is 10.3. The van der Waals surface area contributed by atoms with Crippen molar-refractivity contribution in [1.82, 2.24) is 0 Å². The minimum absolute atomic E-state index is 0.755. The molecule has 0 saturated heterocycles. The van der Waals surface area contributed by atoms with Crippen LogP contribution in [0, 0.1) is 0 Å². The molecule has 7 nitrogen and oxygen atoms in total. The number of para-hydroxylation sites is 4.